The summed E-state index contributed by atoms with van der Waals surface area (Å²) >= 11 is 0. The predicted molar refractivity (Wildman–Crippen MR) is 124 cm³/mol. The first-order valence-corrected chi connectivity index (χ1v) is 12.4. The SMILES string of the molecule is CCNC(=O)[C@H](CC)N(Cc1ccccc1C)C(=O)CCN1C(=O)c2ccccc2S1(=O)=O. The normalized spacial score (nSPS) is 15.1. The molecule has 176 valence electrons. The molecule has 3 amide bonds. The molecule has 0 bridgehead atoms. The number of carbonyl (C=O) groups is 3. The molecule has 1 aliphatic heterocycles. The minimum Gasteiger partial charge on any atom is -0.355 e. The highest BCUT2D eigenvalue weighted by Gasteiger charge is 2.41. The Morgan fingerprint density at radius 1 is 1.06 bits per heavy atom. The van der Waals surface area contributed by atoms with Crippen molar-refractivity contribution in [1.82, 2.24) is 14.5 Å². The fourth-order valence-corrected chi connectivity index (χ4v) is 5.55. The Labute approximate surface area is 194 Å². The quantitative estimate of drug-likeness (QED) is 0.605. The molecule has 0 spiro atoms. The number of hydrogen-bond acceptors (Lipinski definition) is 5. The molecule has 1 atom stereocenters. The molecule has 0 unspecified atom stereocenters. The topological polar surface area (TPSA) is 104 Å². The van der Waals surface area contributed by atoms with Gasteiger partial charge in [-0.25, -0.2) is 12.7 Å². The summed E-state index contributed by atoms with van der Waals surface area (Å²) in [6, 6.07) is 12.9. The number of carbonyl (C=O) groups excluding carboxylic acids is 3. The van der Waals surface area contributed by atoms with Crippen LogP contribution in [0.15, 0.2) is 53.4 Å². The number of nitrogens with one attached hydrogen (secondary N) is 1. The van der Waals surface area contributed by atoms with Crippen molar-refractivity contribution >= 4 is 27.7 Å². The van der Waals surface area contributed by atoms with Crippen LogP contribution in [0.4, 0.5) is 0 Å². The van der Waals surface area contributed by atoms with E-state index < -0.39 is 27.9 Å². The summed E-state index contributed by atoms with van der Waals surface area (Å²) in [5.41, 5.74) is 1.98. The number of amides is 3. The van der Waals surface area contributed by atoms with Crippen LogP contribution in [0.2, 0.25) is 0 Å². The van der Waals surface area contributed by atoms with Crippen molar-refractivity contribution in [3.05, 3.63) is 65.2 Å². The van der Waals surface area contributed by atoms with Gasteiger partial charge in [0.25, 0.3) is 15.9 Å². The van der Waals surface area contributed by atoms with Crippen LogP contribution in [-0.4, -0.2) is 54.5 Å². The second-order valence-corrected chi connectivity index (χ2v) is 9.73. The maximum absolute atomic E-state index is 13.3. The molecule has 0 radical (unpaired) electrons. The third-order valence-corrected chi connectivity index (χ3v) is 7.62. The van der Waals surface area contributed by atoms with Gasteiger partial charge in [-0.2, -0.15) is 0 Å². The van der Waals surface area contributed by atoms with E-state index in [0.717, 1.165) is 15.4 Å². The van der Waals surface area contributed by atoms with Gasteiger partial charge in [-0.15, -0.1) is 0 Å². The summed E-state index contributed by atoms with van der Waals surface area (Å²) in [5, 5.41) is 2.77. The lowest BCUT2D eigenvalue weighted by atomic mass is 10.1. The molecule has 1 aliphatic rings. The summed E-state index contributed by atoms with van der Waals surface area (Å²) in [5.74, 6) is -1.30. The molecule has 2 aromatic rings. The number of benzene rings is 2. The first-order valence-electron chi connectivity index (χ1n) is 11.0. The molecule has 8 nitrogen and oxygen atoms in total. The number of aryl methyl sites for hydroxylation is 1. The van der Waals surface area contributed by atoms with Crippen molar-refractivity contribution in [1.29, 1.82) is 0 Å². The number of sulfonamides is 1. The minimum absolute atomic E-state index is 0.0482. The molecule has 0 aliphatic carbocycles. The third kappa shape index (κ3) is 4.93. The van der Waals surface area contributed by atoms with E-state index in [2.05, 4.69) is 5.32 Å². The predicted octanol–water partition coefficient (Wildman–Crippen LogP) is 2.47. The summed E-state index contributed by atoms with van der Waals surface area (Å²) in [6.07, 6.45) is 0.177. The van der Waals surface area contributed by atoms with Gasteiger partial charge in [-0.05, 0) is 43.5 Å². The summed E-state index contributed by atoms with van der Waals surface area (Å²) in [4.78, 5) is 40.1. The van der Waals surface area contributed by atoms with Crippen LogP contribution in [0.3, 0.4) is 0 Å². The van der Waals surface area contributed by atoms with E-state index >= 15 is 0 Å². The van der Waals surface area contributed by atoms with Crippen LogP contribution >= 0.6 is 0 Å². The summed E-state index contributed by atoms with van der Waals surface area (Å²) in [6.45, 7) is 5.91. The van der Waals surface area contributed by atoms with Crippen LogP contribution in [-0.2, 0) is 26.2 Å². The standard InChI is InChI=1S/C24H29N3O5S/c1-4-20(23(29)25-5-2)26(16-18-11-7-6-10-17(18)3)22(28)14-15-27-24(30)19-12-8-9-13-21(19)33(27,31)32/h6-13,20H,4-5,14-16H2,1-3H3,(H,25,29)/t20-/m0/s1. The van der Waals surface area contributed by atoms with Crippen LogP contribution in [0, 0.1) is 6.92 Å². The Morgan fingerprint density at radius 2 is 1.73 bits per heavy atom. The summed E-state index contributed by atoms with van der Waals surface area (Å²) < 4.78 is 26.4. The monoisotopic (exact) mass is 471 g/mol. The smallest absolute Gasteiger partial charge is 0.269 e. The Hall–Kier alpha value is -3.20. The van der Waals surface area contributed by atoms with Crippen LogP contribution in [0.5, 0.6) is 0 Å². The molecule has 9 heteroatoms. The maximum atomic E-state index is 13.3. The van der Waals surface area contributed by atoms with Gasteiger partial charge in [0.15, 0.2) is 0 Å². The third-order valence-electron chi connectivity index (χ3n) is 5.78. The molecular formula is C24H29N3O5S. The highest BCUT2D eigenvalue weighted by Crippen LogP contribution is 2.30. The van der Waals surface area contributed by atoms with Gasteiger partial charge in [0.1, 0.15) is 10.9 Å². The van der Waals surface area contributed by atoms with E-state index in [1.54, 1.807) is 19.1 Å². The number of hydrogen-bond donors (Lipinski definition) is 1. The lowest BCUT2D eigenvalue weighted by Crippen LogP contribution is -2.49. The molecule has 1 N–H and O–H groups in total. The molecule has 0 saturated heterocycles. The zero-order valence-corrected chi connectivity index (χ0v) is 19.9. The number of nitrogens with zero attached hydrogens (tertiary/aromatic N) is 2. The number of fused-ring (bicyclic) bond motifs is 1. The minimum atomic E-state index is -4.00. The fraction of sp³-hybridized carbons (Fsp3) is 0.375. The van der Waals surface area contributed by atoms with Crippen LogP contribution in [0.25, 0.3) is 0 Å². The summed E-state index contributed by atoms with van der Waals surface area (Å²) in [7, 11) is -4.00. The highest BCUT2D eigenvalue weighted by molar-refractivity contribution is 7.90. The van der Waals surface area contributed by atoms with Crippen molar-refractivity contribution in [3.8, 4) is 0 Å². The van der Waals surface area contributed by atoms with Gasteiger partial charge in [0, 0.05) is 26.1 Å². The first kappa shape index (κ1) is 24.4. The molecule has 0 saturated carbocycles. The maximum Gasteiger partial charge on any atom is 0.269 e. The van der Waals surface area contributed by atoms with Crippen molar-refractivity contribution in [2.75, 3.05) is 13.1 Å². The Morgan fingerprint density at radius 3 is 2.36 bits per heavy atom. The molecule has 33 heavy (non-hydrogen) atoms. The van der Waals surface area contributed by atoms with E-state index in [4.69, 9.17) is 0 Å². The van der Waals surface area contributed by atoms with Gasteiger partial charge in [-0.3, -0.25) is 14.4 Å². The van der Waals surface area contributed by atoms with Crippen molar-refractivity contribution < 1.29 is 22.8 Å². The lowest BCUT2D eigenvalue weighted by Gasteiger charge is -2.31. The lowest BCUT2D eigenvalue weighted by molar-refractivity contribution is -0.141. The van der Waals surface area contributed by atoms with Gasteiger partial charge in [0.05, 0.1) is 5.56 Å². The first-order chi connectivity index (χ1) is 15.7. The van der Waals surface area contributed by atoms with Crippen molar-refractivity contribution in [2.45, 2.75) is 51.1 Å². The molecule has 1 heterocycles. The fourth-order valence-electron chi connectivity index (χ4n) is 3.98. The Kier molecular flexibility index (Phi) is 7.53. The zero-order chi connectivity index (χ0) is 24.2. The van der Waals surface area contributed by atoms with E-state index in [1.807, 2.05) is 38.1 Å². The van der Waals surface area contributed by atoms with E-state index in [1.165, 1.54) is 17.0 Å². The van der Waals surface area contributed by atoms with Gasteiger partial charge in [-0.1, -0.05) is 43.3 Å². The largest absolute Gasteiger partial charge is 0.355 e. The highest BCUT2D eigenvalue weighted by atomic mass is 32.2. The van der Waals surface area contributed by atoms with E-state index in [0.29, 0.717) is 13.0 Å². The average molecular weight is 472 g/mol. The molecular weight excluding hydrogens is 442 g/mol. The van der Waals surface area contributed by atoms with Gasteiger partial charge in [0.2, 0.25) is 11.8 Å². The average Bonchev–Trinajstić information content (AvgIpc) is 2.99. The second kappa shape index (κ2) is 10.2. The molecule has 2 aromatic carbocycles. The Balaban J connectivity index is 1.84. The van der Waals surface area contributed by atoms with Gasteiger partial charge >= 0.3 is 0 Å². The Bertz CT molecular complexity index is 1160. The molecule has 0 fully saturated rings. The second-order valence-electron chi connectivity index (χ2n) is 7.90. The molecule has 0 aromatic heterocycles. The van der Waals surface area contributed by atoms with E-state index in [-0.39, 0.29) is 35.9 Å². The van der Waals surface area contributed by atoms with Crippen LogP contribution in [0.1, 0.15) is 48.2 Å². The zero-order valence-electron chi connectivity index (χ0n) is 19.1. The van der Waals surface area contributed by atoms with Gasteiger partial charge < -0.3 is 10.2 Å². The van der Waals surface area contributed by atoms with Crippen molar-refractivity contribution in [3.63, 3.8) is 0 Å². The number of likely N-dealkylation sites (N-methyl/N-ethyl adjacent to an activating group) is 1. The van der Waals surface area contributed by atoms with E-state index in [9.17, 15) is 22.8 Å². The van der Waals surface area contributed by atoms with Crippen molar-refractivity contribution in [2.24, 2.45) is 0 Å². The number of rotatable bonds is 9. The van der Waals surface area contributed by atoms with Crippen LogP contribution < -0.4 is 5.32 Å². The molecule has 3 rings (SSSR count).